The molecule has 0 saturated carbocycles. The number of rotatable bonds is 2. The lowest BCUT2D eigenvalue weighted by Crippen LogP contribution is -2.69. The third-order valence-corrected chi connectivity index (χ3v) is 3.57. The van der Waals surface area contributed by atoms with Crippen LogP contribution in [0, 0.1) is 5.92 Å². The molecule has 0 aromatic rings. The summed E-state index contributed by atoms with van der Waals surface area (Å²) in [5.74, 6) is -0.0405. The highest BCUT2D eigenvalue weighted by molar-refractivity contribution is 5.77. The van der Waals surface area contributed by atoms with E-state index in [-0.39, 0.29) is 17.7 Å². The number of amides is 2. The largest absolute Gasteiger partial charge is 0.333 e. The van der Waals surface area contributed by atoms with E-state index in [9.17, 15) is 9.59 Å². The third-order valence-electron chi connectivity index (χ3n) is 3.57. The molecule has 1 saturated heterocycles. The smallest absolute Gasteiger partial charge is 0.218 e. The van der Waals surface area contributed by atoms with Gasteiger partial charge < -0.3 is 15.5 Å². The number of piperidine rings is 1. The summed E-state index contributed by atoms with van der Waals surface area (Å²) in [5.41, 5.74) is -0.608. The maximum Gasteiger partial charge on any atom is 0.218 e. The van der Waals surface area contributed by atoms with Crippen LogP contribution in [-0.2, 0) is 9.59 Å². The predicted molar refractivity (Wildman–Crippen MR) is 66.2 cm³/mol. The van der Waals surface area contributed by atoms with Gasteiger partial charge in [0.25, 0.3) is 0 Å². The van der Waals surface area contributed by atoms with E-state index in [0.29, 0.717) is 6.04 Å². The molecule has 5 heteroatoms. The molecule has 1 heterocycles. The fourth-order valence-corrected chi connectivity index (χ4v) is 2.60. The van der Waals surface area contributed by atoms with Gasteiger partial charge in [-0.3, -0.25) is 9.59 Å². The summed E-state index contributed by atoms with van der Waals surface area (Å²) in [6.45, 7) is 7.97. The standard InChI is InChI=1S/C12H23N3O2/c1-8-7-15(5)9(2)6-12(8,13-10(3)16)14-11(4)17/h8-9H,6-7H2,1-5H3,(H,13,16)(H,14,17)/t8-,9+/m0/s1. The molecule has 0 radical (unpaired) electrons. The molecule has 17 heavy (non-hydrogen) atoms. The summed E-state index contributed by atoms with van der Waals surface area (Å²) >= 11 is 0. The van der Waals surface area contributed by atoms with Crippen LogP contribution >= 0.6 is 0 Å². The molecule has 1 rings (SSSR count). The molecule has 0 spiro atoms. The first-order valence-electron chi connectivity index (χ1n) is 6.04. The summed E-state index contributed by atoms with van der Waals surface area (Å²) in [7, 11) is 2.06. The Kier molecular flexibility index (Phi) is 4.14. The van der Waals surface area contributed by atoms with Crippen molar-refractivity contribution in [1.29, 1.82) is 0 Å². The second kappa shape index (κ2) is 5.04. The second-order valence-corrected chi connectivity index (χ2v) is 5.23. The maximum absolute atomic E-state index is 11.4. The van der Waals surface area contributed by atoms with Gasteiger partial charge in [-0.15, -0.1) is 0 Å². The quantitative estimate of drug-likeness (QED) is 0.684. The molecule has 5 nitrogen and oxygen atoms in total. The van der Waals surface area contributed by atoms with Crippen LogP contribution in [0.3, 0.4) is 0 Å². The Morgan fingerprint density at radius 2 is 1.65 bits per heavy atom. The highest BCUT2D eigenvalue weighted by atomic mass is 16.2. The van der Waals surface area contributed by atoms with Crippen molar-refractivity contribution in [3.8, 4) is 0 Å². The molecule has 0 bridgehead atoms. The Hall–Kier alpha value is -1.10. The van der Waals surface area contributed by atoms with Crippen molar-refractivity contribution in [1.82, 2.24) is 15.5 Å². The molecule has 1 aliphatic heterocycles. The SMILES string of the molecule is CC(=O)NC1(NC(C)=O)C[C@@H](C)N(C)C[C@@H]1C. The van der Waals surface area contributed by atoms with Gasteiger partial charge in [-0.05, 0) is 14.0 Å². The number of hydrogen-bond acceptors (Lipinski definition) is 3. The van der Waals surface area contributed by atoms with Crippen LogP contribution in [-0.4, -0.2) is 42.0 Å². The van der Waals surface area contributed by atoms with E-state index in [2.05, 4.69) is 29.5 Å². The molecule has 2 atom stereocenters. The Labute approximate surface area is 103 Å². The predicted octanol–water partition coefficient (Wildman–Crippen LogP) is 0.315. The maximum atomic E-state index is 11.4. The Morgan fingerprint density at radius 3 is 2.06 bits per heavy atom. The summed E-state index contributed by atoms with van der Waals surface area (Å²) in [5, 5.41) is 5.86. The molecular formula is C12H23N3O2. The lowest BCUT2D eigenvalue weighted by molar-refractivity contribution is -0.128. The van der Waals surface area contributed by atoms with Crippen molar-refractivity contribution in [3.05, 3.63) is 0 Å². The van der Waals surface area contributed by atoms with Crippen LogP contribution in [0.2, 0.25) is 0 Å². The van der Waals surface area contributed by atoms with Gasteiger partial charge in [-0.1, -0.05) is 6.92 Å². The van der Waals surface area contributed by atoms with E-state index in [1.165, 1.54) is 13.8 Å². The summed E-state index contributed by atoms with van der Waals surface area (Å²) in [4.78, 5) is 25.0. The fraction of sp³-hybridized carbons (Fsp3) is 0.833. The van der Waals surface area contributed by atoms with Gasteiger partial charge in [-0.2, -0.15) is 0 Å². The van der Waals surface area contributed by atoms with E-state index in [1.54, 1.807) is 0 Å². The number of hydrogen-bond donors (Lipinski definition) is 2. The van der Waals surface area contributed by atoms with Crippen molar-refractivity contribution in [2.24, 2.45) is 5.92 Å². The molecule has 2 amide bonds. The number of nitrogens with zero attached hydrogens (tertiary/aromatic N) is 1. The van der Waals surface area contributed by atoms with E-state index in [4.69, 9.17) is 0 Å². The number of nitrogens with one attached hydrogen (secondary N) is 2. The molecule has 2 N–H and O–H groups in total. The van der Waals surface area contributed by atoms with E-state index >= 15 is 0 Å². The molecule has 0 aliphatic carbocycles. The second-order valence-electron chi connectivity index (χ2n) is 5.23. The molecule has 1 fully saturated rings. The van der Waals surface area contributed by atoms with Crippen molar-refractivity contribution < 1.29 is 9.59 Å². The molecular weight excluding hydrogens is 218 g/mol. The summed E-state index contributed by atoms with van der Waals surface area (Å²) in [6.07, 6.45) is 0.726. The van der Waals surface area contributed by atoms with Crippen molar-refractivity contribution in [2.45, 2.75) is 45.8 Å². The van der Waals surface area contributed by atoms with Crippen molar-refractivity contribution >= 4 is 11.8 Å². The molecule has 0 unspecified atom stereocenters. The zero-order valence-electron chi connectivity index (χ0n) is 11.3. The summed E-state index contributed by atoms with van der Waals surface area (Å²) < 4.78 is 0. The highest BCUT2D eigenvalue weighted by Gasteiger charge is 2.43. The van der Waals surface area contributed by atoms with E-state index in [0.717, 1.165) is 13.0 Å². The fourth-order valence-electron chi connectivity index (χ4n) is 2.60. The van der Waals surface area contributed by atoms with Crippen LogP contribution in [0.1, 0.15) is 34.1 Å². The molecule has 0 aromatic carbocycles. The van der Waals surface area contributed by atoms with Crippen molar-refractivity contribution in [2.75, 3.05) is 13.6 Å². The Balaban J connectivity index is 2.95. The van der Waals surface area contributed by atoms with Crippen LogP contribution in [0.25, 0.3) is 0 Å². The molecule has 98 valence electrons. The minimum atomic E-state index is -0.608. The van der Waals surface area contributed by atoms with Gasteiger partial charge in [0.15, 0.2) is 0 Å². The van der Waals surface area contributed by atoms with Gasteiger partial charge in [0.2, 0.25) is 11.8 Å². The normalized spacial score (nSPS) is 28.5. The average molecular weight is 241 g/mol. The lowest BCUT2D eigenvalue weighted by atomic mass is 9.82. The van der Waals surface area contributed by atoms with Crippen LogP contribution in [0.4, 0.5) is 0 Å². The van der Waals surface area contributed by atoms with Gasteiger partial charge in [0.1, 0.15) is 5.66 Å². The first-order valence-corrected chi connectivity index (χ1v) is 6.04. The zero-order valence-corrected chi connectivity index (χ0v) is 11.3. The summed E-state index contributed by atoms with van der Waals surface area (Å²) in [6, 6.07) is 0.324. The minimum Gasteiger partial charge on any atom is -0.333 e. The average Bonchev–Trinajstić information content (AvgIpc) is 2.12. The number of likely N-dealkylation sites (tertiary alicyclic amines) is 1. The zero-order chi connectivity index (χ0) is 13.2. The van der Waals surface area contributed by atoms with Crippen LogP contribution < -0.4 is 10.6 Å². The topological polar surface area (TPSA) is 61.4 Å². The number of carbonyl (C=O) groups excluding carboxylic acids is 2. The Bertz CT molecular complexity index is 301. The third kappa shape index (κ3) is 3.19. The van der Waals surface area contributed by atoms with Crippen molar-refractivity contribution in [3.63, 3.8) is 0 Å². The highest BCUT2D eigenvalue weighted by Crippen LogP contribution is 2.28. The first kappa shape index (κ1) is 14.0. The van der Waals surface area contributed by atoms with Gasteiger partial charge in [0, 0.05) is 38.8 Å². The van der Waals surface area contributed by atoms with Crippen LogP contribution in [0.15, 0.2) is 0 Å². The van der Waals surface area contributed by atoms with E-state index in [1.807, 2.05) is 6.92 Å². The van der Waals surface area contributed by atoms with Gasteiger partial charge in [-0.25, -0.2) is 0 Å². The van der Waals surface area contributed by atoms with Gasteiger partial charge >= 0.3 is 0 Å². The molecule has 1 aliphatic rings. The first-order chi connectivity index (χ1) is 7.77. The molecule has 0 aromatic heterocycles. The van der Waals surface area contributed by atoms with Gasteiger partial charge in [0.05, 0.1) is 0 Å². The lowest BCUT2D eigenvalue weighted by Gasteiger charge is -2.49. The van der Waals surface area contributed by atoms with Crippen LogP contribution in [0.5, 0.6) is 0 Å². The minimum absolute atomic E-state index is 0.109. The van der Waals surface area contributed by atoms with E-state index < -0.39 is 5.66 Å². The number of carbonyl (C=O) groups is 2. The Morgan fingerprint density at radius 1 is 1.18 bits per heavy atom. The monoisotopic (exact) mass is 241 g/mol.